The Labute approximate surface area is 159 Å². The van der Waals surface area contributed by atoms with Crippen LogP contribution in [0.4, 0.5) is 0 Å². The molecule has 0 bridgehead atoms. The number of nitrogens with zero attached hydrogens (tertiary/aromatic N) is 2. The first-order valence-corrected chi connectivity index (χ1v) is 9.25. The summed E-state index contributed by atoms with van der Waals surface area (Å²) in [7, 11) is 3.97. The van der Waals surface area contributed by atoms with E-state index in [2.05, 4.69) is 5.32 Å². The number of rotatable bonds is 9. The molecule has 0 aliphatic heterocycles. The maximum Gasteiger partial charge on any atom is 0.268 e. The van der Waals surface area contributed by atoms with Gasteiger partial charge in [0.2, 0.25) is 0 Å². The summed E-state index contributed by atoms with van der Waals surface area (Å²) in [6.07, 6.45) is 0.793. The number of aromatic nitrogens is 1. The largest absolute Gasteiger partial charge is 0.494 e. The number of nitrogens with one attached hydrogen (secondary N) is 1. The number of ether oxygens (including phenoxy) is 1. The van der Waals surface area contributed by atoms with Crippen LogP contribution in [0.15, 0.2) is 46.9 Å². The van der Waals surface area contributed by atoms with E-state index < -0.39 is 0 Å². The molecule has 3 aromatic rings. The van der Waals surface area contributed by atoms with Crippen molar-refractivity contribution in [2.45, 2.75) is 19.9 Å². The van der Waals surface area contributed by atoms with Gasteiger partial charge >= 0.3 is 0 Å². The lowest BCUT2D eigenvalue weighted by molar-refractivity contribution is 0.0941. The fraction of sp³-hybridized carbons (Fsp3) is 0.381. The minimum atomic E-state index is -0.0788. The molecule has 0 unspecified atom stereocenters. The molecule has 0 saturated heterocycles. The molecule has 144 valence electrons. The van der Waals surface area contributed by atoms with Crippen LogP contribution in [0.5, 0.6) is 5.75 Å². The van der Waals surface area contributed by atoms with Gasteiger partial charge in [-0.1, -0.05) is 18.2 Å². The highest BCUT2D eigenvalue weighted by Crippen LogP contribution is 2.24. The summed E-state index contributed by atoms with van der Waals surface area (Å²) in [5.74, 6) is 1.62. The molecular formula is C21H27N3O3. The van der Waals surface area contributed by atoms with E-state index in [4.69, 9.17) is 9.15 Å². The second kappa shape index (κ2) is 8.77. The molecule has 0 aliphatic rings. The van der Waals surface area contributed by atoms with Gasteiger partial charge in [-0.15, -0.1) is 0 Å². The number of para-hydroxylation sites is 1. The molecule has 1 aromatic carbocycles. The number of amides is 1. The molecule has 2 heterocycles. The zero-order valence-corrected chi connectivity index (χ0v) is 16.2. The number of benzene rings is 1. The molecule has 0 spiro atoms. The number of furan rings is 1. The highest BCUT2D eigenvalue weighted by Gasteiger charge is 2.18. The summed E-state index contributed by atoms with van der Waals surface area (Å²) in [6, 6.07) is 13.6. The van der Waals surface area contributed by atoms with Gasteiger partial charge in [0, 0.05) is 31.8 Å². The van der Waals surface area contributed by atoms with Crippen LogP contribution in [0.1, 0.15) is 22.7 Å². The Bertz CT molecular complexity index is 881. The Hall–Kier alpha value is -2.73. The molecule has 6 heteroatoms. The summed E-state index contributed by atoms with van der Waals surface area (Å²) in [4.78, 5) is 14.7. The first kappa shape index (κ1) is 19.0. The Balaban J connectivity index is 1.67. The van der Waals surface area contributed by atoms with Gasteiger partial charge in [-0.25, -0.2) is 0 Å². The van der Waals surface area contributed by atoms with Crippen molar-refractivity contribution >= 4 is 17.0 Å². The van der Waals surface area contributed by atoms with Gasteiger partial charge in [-0.3, -0.25) is 4.79 Å². The molecule has 0 radical (unpaired) electrons. The SMILES string of the molecule is Cc1cc2c(cc(C(=O)NCCN(C)C)n2CCCOc2ccccc2)o1. The number of carbonyl (C=O) groups excluding carboxylic acids is 1. The van der Waals surface area contributed by atoms with Crippen molar-refractivity contribution in [1.29, 1.82) is 0 Å². The summed E-state index contributed by atoms with van der Waals surface area (Å²) in [5.41, 5.74) is 2.32. The van der Waals surface area contributed by atoms with E-state index in [0.717, 1.165) is 35.6 Å². The molecule has 2 aromatic heterocycles. The number of aryl methyl sites for hydroxylation is 2. The Morgan fingerprint density at radius 3 is 2.74 bits per heavy atom. The Kier molecular flexibility index (Phi) is 6.19. The number of hydrogen-bond acceptors (Lipinski definition) is 4. The van der Waals surface area contributed by atoms with E-state index >= 15 is 0 Å². The van der Waals surface area contributed by atoms with Crippen LogP contribution in [0.3, 0.4) is 0 Å². The van der Waals surface area contributed by atoms with Crippen LogP contribution in [0, 0.1) is 6.92 Å². The zero-order chi connectivity index (χ0) is 19.2. The third-order valence-electron chi connectivity index (χ3n) is 4.33. The first-order valence-electron chi connectivity index (χ1n) is 9.25. The molecule has 1 amide bonds. The minimum Gasteiger partial charge on any atom is -0.494 e. The summed E-state index contributed by atoms with van der Waals surface area (Å²) in [5, 5.41) is 2.98. The van der Waals surface area contributed by atoms with E-state index in [1.807, 2.05) is 73.0 Å². The Morgan fingerprint density at radius 2 is 2.00 bits per heavy atom. The molecule has 27 heavy (non-hydrogen) atoms. The molecule has 1 N–H and O–H groups in total. The van der Waals surface area contributed by atoms with Gasteiger partial charge in [-0.2, -0.15) is 0 Å². The second-order valence-electron chi connectivity index (χ2n) is 6.86. The molecule has 0 saturated carbocycles. The summed E-state index contributed by atoms with van der Waals surface area (Å²) in [6.45, 7) is 4.59. The topological polar surface area (TPSA) is 59.6 Å². The van der Waals surface area contributed by atoms with Crippen molar-refractivity contribution in [3.8, 4) is 5.75 Å². The zero-order valence-electron chi connectivity index (χ0n) is 16.2. The lowest BCUT2D eigenvalue weighted by atomic mass is 10.3. The predicted octanol–water partition coefficient (Wildman–Crippen LogP) is 3.30. The maximum atomic E-state index is 12.6. The monoisotopic (exact) mass is 369 g/mol. The lowest BCUT2D eigenvalue weighted by Gasteiger charge is -2.13. The van der Waals surface area contributed by atoms with Crippen LogP contribution >= 0.6 is 0 Å². The van der Waals surface area contributed by atoms with Crippen LogP contribution in [-0.4, -0.2) is 49.2 Å². The molecule has 0 aliphatic carbocycles. The minimum absolute atomic E-state index is 0.0788. The quantitative estimate of drug-likeness (QED) is 0.588. The van der Waals surface area contributed by atoms with Crippen molar-refractivity contribution < 1.29 is 13.9 Å². The van der Waals surface area contributed by atoms with E-state index in [9.17, 15) is 4.79 Å². The van der Waals surface area contributed by atoms with E-state index in [1.54, 1.807) is 0 Å². The van der Waals surface area contributed by atoms with Crippen LogP contribution in [0.25, 0.3) is 11.1 Å². The molecule has 0 atom stereocenters. The number of likely N-dealkylation sites (N-methyl/N-ethyl adjacent to an activating group) is 1. The maximum absolute atomic E-state index is 12.6. The fourth-order valence-corrected chi connectivity index (χ4v) is 3.01. The Morgan fingerprint density at radius 1 is 1.22 bits per heavy atom. The van der Waals surface area contributed by atoms with Crippen molar-refractivity contribution in [2.24, 2.45) is 0 Å². The van der Waals surface area contributed by atoms with Crippen molar-refractivity contribution in [1.82, 2.24) is 14.8 Å². The highest BCUT2D eigenvalue weighted by atomic mass is 16.5. The average Bonchev–Trinajstić information content (AvgIpc) is 3.15. The molecular weight excluding hydrogens is 342 g/mol. The summed E-state index contributed by atoms with van der Waals surface area (Å²) < 4.78 is 13.5. The molecule has 6 nitrogen and oxygen atoms in total. The standard InChI is InChI=1S/C21H27N3O3/c1-16-14-18-20(27-16)15-19(21(25)22-10-12-23(2)3)24(18)11-7-13-26-17-8-5-4-6-9-17/h4-6,8-9,14-15H,7,10-13H2,1-3H3,(H,22,25). The second-order valence-corrected chi connectivity index (χ2v) is 6.86. The molecule has 3 rings (SSSR count). The van der Waals surface area contributed by atoms with Gasteiger partial charge < -0.3 is 23.9 Å². The van der Waals surface area contributed by atoms with Gasteiger partial charge in [-0.05, 0) is 39.6 Å². The molecule has 0 fully saturated rings. The van der Waals surface area contributed by atoms with Gasteiger partial charge in [0.25, 0.3) is 5.91 Å². The lowest BCUT2D eigenvalue weighted by Crippen LogP contribution is -2.32. The third kappa shape index (κ3) is 4.92. The third-order valence-corrected chi connectivity index (χ3v) is 4.33. The summed E-state index contributed by atoms with van der Waals surface area (Å²) >= 11 is 0. The van der Waals surface area contributed by atoms with Gasteiger partial charge in [0.05, 0.1) is 12.1 Å². The van der Waals surface area contributed by atoms with Crippen molar-refractivity contribution in [3.05, 3.63) is 53.9 Å². The first-order chi connectivity index (χ1) is 13.0. The van der Waals surface area contributed by atoms with E-state index in [-0.39, 0.29) is 5.91 Å². The van der Waals surface area contributed by atoms with Crippen LogP contribution in [0.2, 0.25) is 0 Å². The van der Waals surface area contributed by atoms with Gasteiger partial charge in [0.1, 0.15) is 17.2 Å². The van der Waals surface area contributed by atoms with Gasteiger partial charge in [0.15, 0.2) is 5.58 Å². The van der Waals surface area contributed by atoms with E-state index in [1.165, 1.54) is 0 Å². The number of fused-ring (bicyclic) bond motifs is 1. The van der Waals surface area contributed by atoms with Crippen molar-refractivity contribution in [3.63, 3.8) is 0 Å². The normalized spacial score (nSPS) is 11.3. The van der Waals surface area contributed by atoms with E-state index in [0.29, 0.717) is 25.4 Å². The smallest absolute Gasteiger partial charge is 0.268 e. The highest BCUT2D eigenvalue weighted by molar-refractivity contribution is 5.97. The van der Waals surface area contributed by atoms with Crippen LogP contribution < -0.4 is 10.1 Å². The van der Waals surface area contributed by atoms with Crippen molar-refractivity contribution in [2.75, 3.05) is 33.8 Å². The van der Waals surface area contributed by atoms with Crippen LogP contribution in [-0.2, 0) is 6.54 Å². The predicted molar refractivity (Wildman–Crippen MR) is 106 cm³/mol. The average molecular weight is 369 g/mol. The number of carbonyl (C=O) groups is 1. The number of hydrogen-bond donors (Lipinski definition) is 1. The fourth-order valence-electron chi connectivity index (χ4n) is 3.01.